The molecule has 0 unspecified atom stereocenters. The predicted octanol–water partition coefficient (Wildman–Crippen LogP) is 5.50. The van der Waals surface area contributed by atoms with E-state index >= 15 is 0 Å². The lowest BCUT2D eigenvalue weighted by atomic mass is 10.0. The lowest BCUT2D eigenvalue weighted by Gasteiger charge is -2.13. The van der Waals surface area contributed by atoms with Crippen LogP contribution in [0.1, 0.15) is 40.7 Å². The first-order valence-corrected chi connectivity index (χ1v) is 10.4. The summed E-state index contributed by atoms with van der Waals surface area (Å²) in [5.41, 5.74) is 10.8. The molecule has 29 heavy (non-hydrogen) atoms. The van der Waals surface area contributed by atoms with Crippen molar-refractivity contribution in [1.82, 2.24) is 14.5 Å². The molecule has 0 aliphatic carbocycles. The zero-order valence-electron chi connectivity index (χ0n) is 17.3. The second kappa shape index (κ2) is 7.03. The molecular formula is C25H26N4. The number of para-hydroxylation sites is 1. The molecule has 1 N–H and O–H groups in total. The van der Waals surface area contributed by atoms with Crippen molar-refractivity contribution in [3.63, 3.8) is 0 Å². The van der Waals surface area contributed by atoms with E-state index in [1.54, 1.807) is 0 Å². The summed E-state index contributed by atoms with van der Waals surface area (Å²) in [7, 11) is 0. The van der Waals surface area contributed by atoms with E-state index in [1.165, 1.54) is 33.6 Å². The summed E-state index contributed by atoms with van der Waals surface area (Å²) in [6.07, 6.45) is 3.01. The quantitative estimate of drug-likeness (QED) is 0.509. The van der Waals surface area contributed by atoms with Crippen molar-refractivity contribution in [2.75, 3.05) is 5.32 Å². The fourth-order valence-corrected chi connectivity index (χ4v) is 4.42. The van der Waals surface area contributed by atoms with Gasteiger partial charge in [0.2, 0.25) is 0 Å². The topological polar surface area (TPSA) is 42.7 Å². The predicted molar refractivity (Wildman–Crippen MR) is 119 cm³/mol. The molecule has 0 amide bonds. The van der Waals surface area contributed by atoms with E-state index in [2.05, 4.69) is 79.2 Å². The summed E-state index contributed by atoms with van der Waals surface area (Å²) < 4.78 is 2.29. The maximum atomic E-state index is 4.89. The maximum Gasteiger partial charge on any atom is 0.160 e. The fourth-order valence-electron chi connectivity index (χ4n) is 4.42. The molecule has 4 nitrogen and oxygen atoms in total. The van der Waals surface area contributed by atoms with E-state index in [-0.39, 0.29) is 0 Å². The second-order valence-corrected chi connectivity index (χ2v) is 7.99. The highest BCUT2D eigenvalue weighted by molar-refractivity contribution is 5.76. The zero-order valence-corrected chi connectivity index (χ0v) is 17.3. The van der Waals surface area contributed by atoms with Gasteiger partial charge in [0.25, 0.3) is 0 Å². The van der Waals surface area contributed by atoms with E-state index in [4.69, 9.17) is 9.97 Å². The number of pyridine rings is 1. The third kappa shape index (κ3) is 3.19. The molecule has 0 saturated carbocycles. The third-order valence-corrected chi connectivity index (χ3v) is 5.88. The summed E-state index contributed by atoms with van der Waals surface area (Å²) in [5.74, 6) is 1.10. The Morgan fingerprint density at radius 1 is 0.931 bits per heavy atom. The first-order chi connectivity index (χ1) is 14.1. The number of benzene rings is 2. The second-order valence-electron chi connectivity index (χ2n) is 7.99. The van der Waals surface area contributed by atoms with E-state index in [0.717, 1.165) is 48.5 Å². The number of imidazole rings is 1. The summed E-state index contributed by atoms with van der Waals surface area (Å²) >= 11 is 0. The van der Waals surface area contributed by atoms with E-state index in [1.807, 2.05) is 0 Å². The van der Waals surface area contributed by atoms with Gasteiger partial charge in [-0.05, 0) is 67.1 Å². The van der Waals surface area contributed by atoms with Gasteiger partial charge in [-0.3, -0.25) is 0 Å². The summed E-state index contributed by atoms with van der Waals surface area (Å²) in [6.45, 7) is 7.15. The molecule has 2 aromatic heterocycles. The van der Waals surface area contributed by atoms with Crippen LogP contribution in [0.25, 0.3) is 11.2 Å². The molecular weight excluding hydrogens is 356 g/mol. The van der Waals surface area contributed by atoms with Crippen LogP contribution in [0.2, 0.25) is 0 Å². The van der Waals surface area contributed by atoms with Crippen LogP contribution < -0.4 is 5.32 Å². The SMILES string of the molecule is CCc1nc2c(C)cc(C)nc2n1Cc1ccc2c(c1)CCc1ccccc1N2. The van der Waals surface area contributed by atoms with E-state index in [0.29, 0.717) is 0 Å². The average Bonchev–Trinajstić information content (AvgIpc) is 2.95. The minimum atomic E-state index is 0.801. The standard InChI is InChI=1S/C25H26N4/c1-4-23-28-24-16(2)13-17(3)26-25(24)29(23)15-18-9-12-22-20(14-18)11-10-19-7-5-6-8-21(19)27-22/h5-9,12-14,27H,4,10-11,15H2,1-3H3. The summed E-state index contributed by atoms with van der Waals surface area (Å²) in [6, 6.07) is 17.5. The Morgan fingerprint density at radius 3 is 2.59 bits per heavy atom. The fraction of sp³-hybridized carbons (Fsp3) is 0.280. The number of aryl methyl sites for hydroxylation is 5. The van der Waals surface area contributed by atoms with Crippen LogP contribution in [0.5, 0.6) is 0 Å². The molecule has 1 aliphatic rings. The van der Waals surface area contributed by atoms with Crippen molar-refractivity contribution in [2.24, 2.45) is 0 Å². The molecule has 0 fully saturated rings. The van der Waals surface area contributed by atoms with Gasteiger partial charge in [0.05, 0.1) is 6.54 Å². The molecule has 0 atom stereocenters. The van der Waals surface area contributed by atoms with Gasteiger partial charge in [-0.1, -0.05) is 37.3 Å². The van der Waals surface area contributed by atoms with Crippen molar-refractivity contribution in [2.45, 2.75) is 46.6 Å². The van der Waals surface area contributed by atoms with Crippen LogP contribution in [-0.2, 0) is 25.8 Å². The summed E-state index contributed by atoms with van der Waals surface area (Å²) in [4.78, 5) is 9.70. The number of anilines is 2. The Hall–Kier alpha value is -3.14. The van der Waals surface area contributed by atoms with Crippen LogP contribution in [-0.4, -0.2) is 14.5 Å². The smallest absolute Gasteiger partial charge is 0.160 e. The van der Waals surface area contributed by atoms with Gasteiger partial charge >= 0.3 is 0 Å². The van der Waals surface area contributed by atoms with Gasteiger partial charge in [0.15, 0.2) is 5.65 Å². The number of nitrogens with one attached hydrogen (secondary N) is 1. The van der Waals surface area contributed by atoms with Crippen molar-refractivity contribution >= 4 is 22.5 Å². The monoisotopic (exact) mass is 382 g/mol. The van der Waals surface area contributed by atoms with Gasteiger partial charge in [-0.15, -0.1) is 0 Å². The Morgan fingerprint density at radius 2 is 1.72 bits per heavy atom. The molecule has 3 heterocycles. The lowest BCUT2D eigenvalue weighted by molar-refractivity contribution is 0.744. The van der Waals surface area contributed by atoms with Gasteiger partial charge in [-0.2, -0.15) is 0 Å². The molecule has 146 valence electrons. The number of rotatable bonds is 3. The highest BCUT2D eigenvalue weighted by Gasteiger charge is 2.16. The normalized spacial score (nSPS) is 12.9. The average molecular weight is 383 g/mol. The molecule has 1 aliphatic heterocycles. The van der Waals surface area contributed by atoms with Crippen molar-refractivity contribution in [3.8, 4) is 0 Å². The minimum Gasteiger partial charge on any atom is -0.355 e. The number of nitrogens with zero attached hydrogens (tertiary/aromatic N) is 3. The summed E-state index contributed by atoms with van der Waals surface area (Å²) in [5, 5.41) is 3.62. The Kier molecular flexibility index (Phi) is 4.35. The molecule has 0 radical (unpaired) electrons. The Labute approximate surface area is 171 Å². The van der Waals surface area contributed by atoms with Gasteiger partial charge in [0.1, 0.15) is 11.3 Å². The minimum absolute atomic E-state index is 0.801. The Bertz CT molecular complexity index is 1220. The Balaban J connectivity index is 1.53. The highest BCUT2D eigenvalue weighted by atomic mass is 15.1. The van der Waals surface area contributed by atoms with Crippen LogP contribution in [0.15, 0.2) is 48.5 Å². The molecule has 5 rings (SSSR count). The lowest BCUT2D eigenvalue weighted by Crippen LogP contribution is -2.06. The zero-order chi connectivity index (χ0) is 20.0. The third-order valence-electron chi connectivity index (χ3n) is 5.88. The molecule has 0 bridgehead atoms. The maximum absolute atomic E-state index is 4.89. The first kappa shape index (κ1) is 17.9. The van der Waals surface area contributed by atoms with Crippen LogP contribution in [0.4, 0.5) is 11.4 Å². The molecule has 0 spiro atoms. The largest absolute Gasteiger partial charge is 0.355 e. The van der Waals surface area contributed by atoms with Gasteiger partial charge in [-0.25, -0.2) is 9.97 Å². The van der Waals surface area contributed by atoms with Crippen molar-refractivity contribution in [1.29, 1.82) is 0 Å². The first-order valence-electron chi connectivity index (χ1n) is 10.4. The van der Waals surface area contributed by atoms with Crippen LogP contribution in [0.3, 0.4) is 0 Å². The molecule has 4 heteroatoms. The van der Waals surface area contributed by atoms with Crippen molar-refractivity contribution in [3.05, 3.63) is 82.3 Å². The van der Waals surface area contributed by atoms with Gasteiger partial charge < -0.3 is 9.88 Å². The van der Waals surface area contributed by atoms with E-state index in [9.17, 15) is 0 Å². The van der Waals surface area contributed by atoms with Gasteiger partial charge in [0, 0.05) is 23.5 Å². The molecule has 0 saturated heterocycles. The van der Waals surface area contributed by atoms with Crippen LogP contribution in [0, 0.1) is 13.8 Å². The number of hydrogen-bond acceptors (Lipinski definition) is 3. The molecule has 4 aromatic rings. The number of fused-ring (bicyclic) bond motifs is 3. The van der Waals surface area contributed by atoms with Crippen LogP contribution >= 0.6 is 0 Å². The highest BCUT2D eigenvalue weighted by Crippen LogP contribution is 2.31. The molecule has 2 aromatic carbocycles. The number of hydrogen-bond donors (Lipinski definition) is 1. The van der Waals surface area contributed by atoms with Crippen molar-refractivity contribution < 1.29 is 0 Å². The number of aromatic nitrogens is 3. The van der Waals surface area contributed by atoms with E-state index < -0.39 is 0 Å².